The Balaban J connectivity index is 1.67. The molecular weight excluding hydrogens is 268 g/mol. The fourth-order valence-corrected chi connectivity index (χ4v) is 3.16. The molecule has 1 aromatic rings. The summed E-state index contributed by atoms with van der Waals surface area (Å²) in [6.45, 7) is 3.54. The van der Waals surface area contributed by atoms with Crippen LogP contribution in [0.15, 0.2) is 35.4 Å². The van der Waals surface area contributed by atoms with Crippen LogP contribution in [0.25, 0.3) is 0 Å². The lowest BCUT2D eigenvalue weighted by Crippen LogP contribution is -2.29. The molecule has 1 saturated heterocycles. The molecule has 0 amide bonds. The van der Waals surface area contributed by atoms with Crippen molar-refractivity contribution in [2.45, 2.75) is 25.9 Å². The summed E-state index contributed by atoms with van der Waals surface area (Å²) >= 11 is 0. The number of methoxy groups -OCH3 is 1. The van der Waals surface area contributed by atoms with Crippen molar-refractivity contribution in [1.29, 1.82) is 0 Å². The molecule has 0 aromatic heterocycles. The third kappa shape index (κ3) is 2.81. The SMILES string of the molecule is COc1ccc(C(=O)OC2CC(C)=C3COCCC32)cc1. The Morgan fingerprint density at radius 1 is 1.29 bits per heavy atom. The maximum absolute atomic E-state index is 12.3. The van der Waals surface area contributed by atoms with E-state index in [-0.39, 0.29) is 12.1 Å². The minimum Gasteiger partial charge on any atom is -0.497 e. The van der Waals surface area contributed by atoms with Gasteiger partial charge < -0.3 is 14.2 Å². The van der Waals surface area contributed by atoms with Crippen molar-refractivity contribution in [3.63, 3.8) is 0 Å². The second-order valence-electron chi connectivity index (χ2n) is 5.63. The first-order valence-electron chi connectivity index (χ1n) is 7.30. The Labute approximate surface area is 124 Å². The summed E-state index contributed by atoms with van der Waals surface area (Å²) in [5.41, 5.74) is 3.20. The summed E-state index contributed by atoms with van der Waals surface area (Å²) in [6, 6.07) is 7.02. The molecule has 2 unspecified atom stereocenters. The Hall–Kier alpha value is -1.81. The quantitative estimate of drug-likeness (QED) is 0.633. The van der Waals surface area contributed by atoms with E-state index in [1.54, 1.807) is 31.4 Å². The topological polar surface area (TPSA) is 44.8 Å². The zero-order valence-corrected chi connectivity index (χ0v) is 12.4. The second kappa shape index (κ2) is 5.90. The van der Waals surface area contributed by atoms with E-state index in [2.05, 4.69) is 6.92 Å². The number of hydrogen-bond acceptors (Lipinski definition) is 4. The first-order valence-corrected chi connectivity index (χ1v) is 7.30. The van der Waals surface area contributed by atoms with Gasteiger partial charge >= 0.3 is 5.97 Å². The second-order valence-corrected chi connectivity index (χ2v) is 5.63. The predicted octanol–water partition coefficient (Wildman–Crippen LogP) is 2.98. The minimum absolute atomic E-state index is 0.0431. The van der Waals surface area contributed by atoms with Crippen LogP contribution in [0.2, 0.25) is 0 Å². The number of carbonyl (C=O) groups excluding carboxylic acids is 1. The number of fused-ring (bicyclic) bond motifs is 1. The Bertz CT molecular complexity index is 559. The first-order chi connectivity index (χ1) is 10.2. The van der Waals surface area contributed by atoms with E-state index in [0.717, 1.165) is 25.2 Å². The molecule has 1 fully saturated rings. The predicted molar refractivity (Wildman–Crippen MR) is 78.4 cm³/mol. The molecule has 112 valence electrons. The van der Waals surface area contributed by atoms with E-state index in [0.29, 0.717) is 18.1 Å². The van der Waals surface area contributed by atoms with Crippen LogP contribution in [-0.2, 0) is 9.47 Å². The van der Waals surface area contributed by atoms with Gasteiger partial charge in [-0.05, 0) is 43.2 Å². The van der Waals surface area contributed by atoms with Crippen LogP contribution in [0.5, 0.6) is 5.75 Å². The molecule has 1 aliphatic carbocycles. The van der Waals surface area contributed by atoms with E-state index in [4.69, 9.17) is 14.2 Å². The van der Waals surface area contributed by atoms with Crippen LogP contribution in [0.3, 0.4) is 0 Å². The first kappa shape index (κ1) is 14.1. The summed E-state index contributed by atoms with van der Waals surface area (Å²) in [5, 5.41) is 0. The van der Waals surface area contributed by atoms with E-state index in [9.17, 15) is 4.79 Å². The molecule has 3 rings (SSSR count). The molecule has 1 aliphatic heterocycles. The maximum Gasteiger partial charge on any atom is 0.338 e. The van der Waals surface area contributed by atoms with Crippen LogP contribution in [0.4, 0.5) is 0 Å². The minimum atomic E-state index is -0.261. The Morgan fingerprint density at radius 3 is 2.76 bits per heavy atom. The molecule has 2 aliphatic rings. The van der Waals surface area contributed by atoms with Gasteiger partial charge in [-0.15, -0.1) is 0 Å². The average molecular weight is 288 g/mol. The summed E-state index contributed by atoms with van der Waals surface area (Å²) in [7, 11) is 1.60. The molecule has 0 saturated carbocycles. The zero-order valence-electron chi connectivity index (χ0n) is 12.4. The van der Waals surface area contributed by atoms with Gasteiger partial charge in [-0.2, -0.15) is 0 Å². The highest BCUT2D eigenvalue weighted by Gasteiger charge is 2.37. The smallest absolute Gasteiger partial charge is 0.338 e. The van der Waals surface area contributed by atoms with Gasteiger partial charge in [-0.1, -0.05) is 5.57 Å². The van der Waals surface area contributed by atoms with Gasteiger partial charge in [-0.3, -0.25) is 0 Å². The van der Waals surface area contributed by atoms with Crippen LogP contribution in [0.1, 0.15) is 30.1 Å². The lowest BCUT2D eigenvalue weighted by Gasteiger charge is -2.26. The Kier molecular flexibility index (Phi) is 3.97. The normalized spacial score (nSPS) is 24.7. The highest BCUT2D eigenvalue weighted by Crippen LogP contribution is 2.39. The monoisotopic (exact) mass is 288 g/mol. The van der Waals surface area contributed by atoms with Crippen molar-refractivity contribution in [3.8, 4) is 5.75 Å². The molecule has 1 heterocycles. The van der Waals surface area contributed by atoms with E-state index in [1.165, 1.54) is 11.1 Å². The number of ether oxygens (including phenoxy) is 3. The highest BCUT2D eigenvalue weighted by molar-refractivity contribution is 5.89. The molecule has 0 radical (unpaired) electrons. The molecule has 1 aromatic carbocycles. The van der Waals surface area contributed by atoms with Crippen molar-refractivity contribution < 1.29 is 19.0 Å². The molecular formula is C17H20O4. The van der Waals surface area contributed by atoms with E-state index >= 15 is 0 Å². The van der Waals surface area contributed by atoms with E-state index < -0.39 is 0 Å². The van der Waals surface area contributed by atoms with Crippen molar-refractivity contribution in [2.75, 3.05) is 20.3 Å². The molecule has 4 heteroatoms. The van der Waals surface area contributed by atoms with Crippen LogP contribution in [-0.4, -0.2) is 32.4 Å². The van der Waals surface area contributed by atoms with Gasteiger partial charge in [-0.25, -0.2) is 4.79 Å². The number of hydrogen-bond donors (Lipinski definition) is 0. The summed E-state index contributed by atoms with van der Waals surface area (Å²) in [6.07, 6.45) is 1.72. The molecule has 0 bridgehead atoms. The fraction of sp³-hybridized carbons (Fsp3) is 0.471. The van der Waals surface area contributed by atoms with Crippen molar-refractivity contribution in [3.05, 3.63) is 41.0 Å². The summed E-state index contributed by atoms with van der Waals surface area (Å²) in [4.78, 5) is 12.3. The summed E-state index contributed by atoms with van der Waals surface area (Å²) in [5.74, 6) is 0.806. The molecule has 2 atom stereocenters. The molecule has 0 spiro atoms. The lowest BCUT2D eigenvalue weighted by atomic mass is 9.94. The Morgan fingerprint density at radius 2 is 2.05 bits per heavy atom. The van der Waals surface area contributed by atoms with Crippen molar-refractivity contribution in [2.24, 2.45) is 5.92 Å². The number of rotatable bonds is 3. The van der Waals surface area contributed by atoms with Gasteiger partial charge in [0.05, 0.1) is 19.3 Å². The molecule has 21 heavy (non-hydrogen) atoms. The number of carbonyl (C=O) groups is 1. The third-order valence-electron chi connectivity index (χ3n) is 4.37. The van der Waals surface area contributed by atoms with Crippen LogP contribution < -0.4 is 4.74 Å². The van der Waals surface area contributed by atoms with Crippen molar-refractivity contribution >= 4 is 5.97 Å². The fourth-order valence-electron chi connectivity index (χ4n) is 3.16. The number of benzene rings is 1. The van der Waals surface area contributed by atoms with Gasteiger partial charge in [0.25, 0.3) is 0 Å². The average Bonchev–Trinajstić information content (AvgIpc) is 2.84. The zero-order chi connectivity index (χ0) is 14.8. The van der Waals surface area contributed by atoms with Gasteiger partial charge in [0, 0.05) is 18.9 Å². The standard InChI is InChI=1S/C17H20O4/c1-11-9-16(14-7-8-20-10-15(11)14)21-17(18)12-3-5-13(19-2)6-4-12/h3-6,14,16H,7-10H2,1-2H3. The highest BCUT2D eigenvalue weighted by atomic mass is 16.5. The van der Waals surface area contributed by atoms with Gasteiger partial charge in [0.2, 0.25) is 0 Å². The largest absolute Gasteiger partial charge is 0.497 e. The van der Waals surface area contributed by atoms with Crippen LogP contribution >= 0.6 is 0 Å². The third-order valence-corrected chi connectivity index (χ3v) is 4.37. The summed E-state index contributed by atoms with van der Waals surface area (Å²) < 4.78 is 16.3. The molecule has 0 N–H and O–H groups in total. The van der Waals surface area contributed by atoms with Gasteiger partial charge in [0.1, 0.15) is 11.9 Å². The van der Waals surface area contributed by atoms with Gasteiger partial charge in [0.15, 0.2) is 0 Å². The van der Waals surface area contributed by atoms with E-state index in [1.807, 2.05) is 0 Å². The van der Waals surface area contributed by atoms with Crippen LogP contribution in [0, 0.1) is 5.92 Å². The molecule has 4 nitrogen and oxygen atoms in total. The maximum atomic E-state index is 12.3. The van der Waals surface area contributed by atoms with Crippen molar-refractivity contribution in [1.82, 2.24) is 0 Å². The number of esters is 1. The lowest BCUT2D eigenvalue weighted by molar-refractivity contribution is 0.00893.